The van der Waals surface area contributed by atoms with Gasteiger partial charge in [-0.1, -0.05) is 149 Å². The average molecular weight is 1940 g/mol. The van der Waals surface area contributed by atoms with Gasteiger partial charge in [-0.25, -0.2) is 13.8 Å². The number of fused-ring (bicyclic) bond motifs is 21. The van der Waals surface area contributed by atoms with Crippen molar-refractivity contribution in [1.82, 2.24) is 4.98 Å². The Morgan fingerprint density at radius 2 is 0.796 bits per heavy atom. The zero-order chi connectivity index (χ0) is 97.9. The molecule has 16 aliphatic rings. The second-order valence-corrected chi connectivity index (χ2v) is 46.8. The molecule has 12 saturated carbocycles. The van der Waals surface area contributed by atoms with Crippen LogP contribution in [0.15, 0.2) is 150 Å². The number of rotatable bonds is 16. The SMILES string of the molecule is CC12CCC(=O)C=C1CCC1C2[C@@H](O)CC2(C)C1CC[C@]2(O)C(=O)COc1ccc(Cl)c(Cl)c1.CC12CCC(=O)C=C1CCC1C2[C@@H](O)CC2(C)C1CC[C@]2(O)C(=O)COc1ccccc1.CC12CCC(=O)C=C1CCC1C2[C@@H](O)CC2(C)C1CC[C@]2(O)C(=O)COc1nccc2ccccc12.CC12C[C@H](O)[C@@]3(F)C(CCC4=CC(=O)CCC43C)C1CC[C@]2(O)C(=O)COc1ccc(F)cc1Cl. The third-order valence-electron chi connectivity index (χ3n) is 39.8. The molecule has 0 amide bonds. The summed E-state index contributed by atoms with van der Waals surface area (Å²) in [6, 6.07) is 27.2. The number of carbonyl (C=O) groups excluding carboxylic acids is 8. The number of para-hydroxylation sites is 1. The Bertz CT molecular complexity index is 5800. The lowest BCUT2D eigenvalue weighted by Crippen LogP contribution is -2.69. The van der Waals surface area contributed by atoms with Crippen LogP contribution in [0.2, 0.25) is 15.1 Å². The highest BCUT2D eigenvalue weighted by atomic mass is 35.5. The van der Waals surface area contributed by atoms with E-state index in [-0.39, 0.29) is 166 Å². The number of allylic oxidation sites excluding steroid dienone is 4. The largest absolute Gasteiger partial charge is 0.486 e. The van der Waals surface area contributed by atoms with E-state index in [1.54, 1.807) is 49.5 Å². The number of pyridine rings is 1. The van der Waals surface area contributed by atoms with Gasteiger partial charge in [-0.3, -0.25) is 38.4 Å². The summed E-state index contributed by atoms with van der Waals surface area (Å²) in [5, 5.41) is 95.5. The highest BCUT2D eigenvalue weighted by Crippen LogP contribution is 2.74. The lowest BCUT2D eigenvalue weighted by atomic mass is 9.44. The lowest BCUT2D eigenvalue weighted by Gasteiger charge is -2.63. The third-order valence-corrected chi connectivity index (χ3v) is 40.8. The van der Waals surface area contributed by atoms with Crippen molar-refractivity contribution in [3.8, 4) is 23.1 Å². The fourth-order valence-corrected chi connectivity index (χ4v) is 32.9. The highest BCUT2D eigenvalue weighted by Gasteiger charge is 2.77. The molecule has 21 nitrogen and oxygen atoms in total. The van der Waals surface area contributed by atoms with Crippen LogP contribution in [0, 0.1) is 114 Å². The molecule has 8 N–H and O–H groups in total. The molecule has 0 radical (unpaired) electrons. The van der Waals surface area contributed by atoms with Gasteiger partial charge in [-0.2, -0.15) is 0 Å². The molecule has 0 bridgehead atoms. The first-order valence-electron chi connectivity index (χ1n) is 49.9. The molecule has 0 saturated heterocycles. The molecule has 28 atom stereocenters. The number of carbonyl (C=O) groups is 8. The van der Waals surface area contributed by atoms with Gasteiger partial charge >= 0.3 is 0 Å². The van der Waals surface area contributed by atoms with Crippen molar-refractivity contribution in [3.05, 3.63) is 171 Å². The Morgan fingerprint density at radius 1 is 0.394 bits per heavy atom. The minimum Gasteiger partial charge on any atom is -0.486 e. The first kappa shape index (κ1) is 99.4. The zero-order valence-corrected chi connectivity index (χ0v) is 82.0. The molecule has 0 aliphatic heterocycles. The maximum Gasteiger partial charge on any atom is 0.221 e. The minimum atomic E-state index is -1.94. The van der Waals surface area contributed by atoms with Crippen molar-refractivity contribution < 1.29 is 107 Å². The molecule has 19 unspecified atom stereocenters. The second-order valence-electron chi connectivity index (χ2n) is 45.6. The second kappa shape index (κ2) is 36.3. The van der Waals surface area contributed by atoms with Crippen molar-refractivity contribution in [1.29, 1.82) is 0 Å². The summed E-state index contributed by atoms with van der Waals surface area (Å²) in [6.45, 7) is 15.0. The number of Topliss-reactive ketones (excluding diaryl/α,β-unsaturated/α-hetero) is 4. The molecule has 736 valence electrons. The van der Waals surface area contributed by atoms with Gasteiger partial charge in [-0.05, 0) is 314 Å². The maximum absolute atomic E-state index is 17.1. The predicted molar refractivity (Wildman–Crippen MR) is 511 cm³/mol. The first-order chi connectivity index (χ1) is 64.7. The fourth-order valence-electron chi connectivity index (χ4n) is 32.4. The van der Waals surface area contributed by atoms with E-state index >= 15 is 4.39 Å². The van der Waals surface area contributed by atoms with E-state index in [2.05, 4.69) is 25.8 Å². The number of hydrogen-bond acceptors (Lipinski definition) is 21. The number of benzene rings is 4. The third kappa shape index (κ3) is 15.9. The molecular formula is C111H132Cl3F2NO20. The van der Waals surface area contributed by atoms with E-state index in [0.717, 1.165) is 106 Å². The molecule has 1 aromatic heterocycles. The molecule has 137 heavy (non-hydrogen) atoms. The summed E-state index contributed by atoms with van der Waals surface area (Å²) in [4.78, 5) is 106. The smallest absolute Gasteiger partial charge is 0.221 e. The molecule has 21 rings (SSSR count). The van der Waals surface area contributed by atoms with Crippen molar-refractivity contribution in [2.24, 2.45) is 108 Å². The molecule has 26 heteroatoms. The molecule has 0 spiro atoms. The molecular weight excluding hydrogens is 1810 g/mol. The summed E-state index contributed by atoms with van der Waals surface area (Å²) in [5.41, 5.74) is -8.67. The van der Waals surface area contributed by atoms with Crippen molar-refractivity contribution in [2.75, 3.05) is 26.4 Å². The standard InChI is InChI=1S/C30H35NO5.C27H32Cl2O5.C27H31ClF2O5.C27H34O5/c1-28-12-9-20(32)15-19(28)7-8-22-23-10-13-30(35,29(23,2)16-24(33)26(22)28)25(34)17-36-27-21-6-4-3-5-18(21)11-14-31-27;1-25-9-7-16(30)11-15(25)3-5-18-19-8-10-27(33,26(19,2)13-22(31)24(18)25)23(32)14-34-17-4-6-20(28)21(29)12-17;1-24-9-7-17(31)11-15(24)3-5-19-18-8-10-26(34,25(18,2)13-22(32)27(19,24)30)23(33)14-35-21-6-4-16(29)12-20(21)28;1-25-12-10-18(28)14-17(25)8-9-20-21-11-13-27(31,26(21,2)15-22(29)24(20)25)23(30)16-32-19-6-4-3-5-7-19/h3-6,11,14-15,22-24,26,33,35H,7-10,12-13,16-17H2,1-2H3;4,6,11-12,18-19,22,24,31,33H,3,5,7-10,13-14H2,1-2H3;4,6,11-12,18-19,22,32,34H,3,5,7-10,13-14H2,1-2H3;3-7,14,20-22,24,29,31H,8-13,15-16H2,1-2H3/t22?,23?,24-,26?,28?,29?,30-;18?,19?,22-,24?,25?,26?,27-;18?,19?,22-,24?,25?,26-,27-;20?,21?,22-,24?,25?,26?,27-/m0000/s1. The van der Waals surface area contributed by atoms with E-state index in [1.165, 1.54) is 22.8 Å². The van der Waals surface area contributed by atoms with Crippen LogP contribution >= 0.6 is 34.8 Å². The van der Waals surface area contributed by atoms with Crippen LogP contribution in [0.3, 0.4) is 0 Å². The fraction of sp³-hybridized carbons (Fsp3) is 0.613. The quantitative estimate of drug-likeness (QED) is 0.0455. The number of ether oxygens (including phenoxy) is 4. The van der Waals surface area contributed by atoms with Gasteiger partial charge in [0.1, 0.15) is 71.0 Å². The Balaban J connectivity index is 0.000000122. The van der Waals surface area contributed by atoms with Crippen molar-refractivity contribution in [2.45, 2.75) is 288 Å². The molecule has 12 fully saturated rings. The Kier molecular flexibility index (Phi) is 26.3. The average Bonchev–Trinajstić information content (AvgIpc) is 1.60. The van der Waals surface area contributed by atoms with Crippen molar-refractivity contribution in [3.63, 3.8) is 0 Å². The van der Waals surface area contributed by atoms with Crippen LogP contribution < -0.4 is 18.9 Å². The number of nitrogens with zero attached hydrogens (tertiary/aromatic N) is 1. The molecule has 4 aromatic carbocycles. The number of halogens is 5. The number of ketones is 8. The van der Waals surface area contributed by atoms with Gasteiger partial charge < -0.3 is 59.8 Å². The summed E-state index contributed by atoms with van der Waals surface area (Å²) in [6.07, 6.45) is 21.3. The molecule has 1 heterocycles. The van der Waals surface area contributed by atoms with Crippen LogP contribution in [0.1, 0.15) is 235 Å². The normalized spacial score (nSPS) is 41.6. The number of aliphatic hydroxyl groups is 8. The van der Waals surface area contributed by atoms with E-state index in [4.69, 9.17) is 53.8 Å². The van der Waals surface area contributed by atoms with Gasteiger partial charge in [0.05, 0.1) is 39.5 Å². The predicted octanol–water partition coefficient (Wildman–Crippen LogP) is 18.2. The highest BCUT2D eigenvalue weighted by molar-refractivity contribution is 6.42. The van der Waals surface area contributed by atoms with Gasteiger partial charge in [0, 0.05) is 76.3 Å². The molecule has 16 aliphatic carbocycles. The van der Waals surface area contributed by atoms with E-state index in [1.807, 2.05) is 94.5 Å². The number of aliphatic hydroxyl groups excluding tert-OH is 4. The van der Waals surface area contributed by atoms with E-state index in [0.29, 0.717) is 111 Å². The lowest BCUT2D eigenvalue weighted by molar-refractivity contribution is -0.226. The zero-order valence-electron chi connectivity index (χ0n) is 79.7. The van der Waals surface area contributed by atoms with Crippen LogP contribution in [0.5, 0.6) is 23.1 Å². The Hall–Kier alpha value is -7.78. The van der Waals surface area contributed by atoms with Gasteiger partial charge in [0.25, 0.3) is 0 Å². The summed E-state index contributed by atoms with van der Waals surface area (Å²) in [5.74, 6) is 0.490. The number of hydrogen-bond donors (Lipinski definition) is 8. The van der Waals surface area contributed by atoms with Crippen LogP contribution in [0.4, 0.5) is 8.78 Å². The van der Waals surface area contributed by atoms with Gasteiger partial charge in [0.2, 0.25) is 29.0 Å². The first-order valence-corrected chi connectivity index (χ1v) is 51.1. The van der Waals surface area contributed by atoms with Crippen LogP contribution in [0.25, 0.3) is 10.8 Å². The summed E-state index contributed by atoms with van der Waals surface area (Å²) in [7, 11) is 0. The van der Waals surface area contributed by atoms with Crippen LogP contribution in [-0.2, 0) is 38.4 Å². The number of aromatic nitrogens is 1. The van der Waals surface area contributed by atoms with E-state index in [9.17, 15) is 83.6 Å². The maximum atomic E-state index is 17.1. The Labute approximate surface area is 815 Å². The monoisotopic (exact) mass is 1940 g/mol. The Morgan fingerprint density at radius 3 is 1.26 bits per heavy atom. The minimum absolute atomic E-state index is 0.00300. The molecule has 5 aromatic rings. The van der Waals surface area contributed by atoms with Gasteiger partial charge in [-0.15, -0.1) is 0 Å². The van der Waals surface area contributed by atoms with E-state index < -0.39 is 104 Å². The van der Waals surface area contributed by atoms with Gasteiger partial charge in [0.15, 0.2) is 29.7 Å². The summed E-state index contributed by atoms with van der Waals surface area (Å²) < 4.78 is 53.2. The summed E-state index contributed by atoms with van der Waals surface area (Å²) >= 11 is 18.0. The van der Waals surface area contributed by atoms with Crippen LogP contribution in [-0.4, -0.2) is 171 Å². The number of alkyl halides is 1. The van der Waals surface area contributed by atoms with Crippen molar-refractivity contribution >= 4 is 91.8 Å². The topological polar surface area (TPSA) is 348 Å².